The highest BCUT2D eigenvalue weighted by Gasteiger charge is 2.15. The summed E-state index contributed by atoms with van der Waals surface area (Å²) in [6.07, 6.45) is 3.69. The van der Waals surface area contributed by atoms with Crippen LogP contribution in [0.2, 0.25) is 0 Å². The molecule has 0 saturated carbocycles. The molecule has 152 valence electrons. The molecule has 0 atom stereocenters. The summed E-state index contributed by atoms with van der Waals surface area (Å²) in [6.45, 7) is 3.82. The van der Waals surface area contributed by atoms with Gasteiger partial charge in [0.15, 0.2) is 30.7 Å². The van der Waals surface area contributed by atoms with Crippen LogP contribution in [0.1, 0.15) is 11.1 Å². The van der Waals surface area contributed by atoms with Crippen LogP contribution in [0.4, 0.5) is 11.8 Å². The Labute approximate surface area is 172 Å². The molecular weight excluding hydrogens is 382 g/mol. The Morgan fingerprint density at radius 2 is 2.03 bits per heavy atom. The van der Waals surface area contributed by atoms with Crippen molar-refractivity contribution in [3.8, 4) is 11.6 Å². The van der Waals surface area contributed by atoms with Crippen molar-refractivity contribution in [3.05, 3.63) is 59.9 Å². The predicted molar refractivity (Wildman–Crippen MR) is 112 cm³/mol. The van der Waals surface area contributed by atoms with Gasteiger partial charge in [-0.1, -0.05) is 24.3 Å². The second kappa shape index (κ2) is 7.96. The van der Waals surface area contributed by atoms with Crippen molar-refractivity contribution in [3.63, 3.8) is 0 Å². The number of fused-ring (bicyclic) bond motifs is 1. The van der Waals surface area contributed by atoms with Gasteiger partial charge in [-0.2, -0.15) is 9.50 Å². The highest BCUT2D eigenvalue weighted by atomic mass is 16.5. The van der Waals surface area contributed by atoms with Gasteiger partial charge in [-0.05, 0) is 17.7 Å². The first-order valence-corrected chi connectivity index (χ1v) is 9.79. The number of hydrogen-bond acceptors (Lipinski definition) is 7. The van der Waals surface area contributed by atoms with Crippen LogP contribution in [0.15, 0.2) is 53.1 Å². The number of nitrogens with zero attached hydrogens (tertiary/aromatic N) is 5. The van der Waals surface area contributed by atoms with Crippen LogP contribution in [0.25, 0.3) is 17.2 Å². The fourth-order valence-corrected chi connectivity index (χ4v) is 3.46. The normalized spacial score (nSPS) is 14.1. The summed E-state index contributed by atoms with van der Waals surface area (Å²) in [5.74, 6) is 1.96. The van der Waals surface area contributed by atoms with Gasteiger partial charge in [0.1, 0.15) is 19.0 Å². The van der Waals surface area contributed by atoms with E-state index >= 15 is 0 Å². The van der Waals surface area contributed by atoms with Gasteiger partial charge in [-0.15, -0.1) is 5.10 Å². The Kier molecular flexibility index (Phi) is 4.86. The van der Waals surface area contributed by atoms with Crippen LogP contribution >= 0.6 is 0 Å². The summed E-state index contributed by atoms with van der Waals surface area (Å²) in [5, 5.41) is 7.74. The quantitative estimate of drug-likeness (QED) is 0.475. The molecule has 1 aromatic carbocycles. The Hall–Kier alpha value is -3.72. The highest BCUT2D eigenvalue weighted by Crippen LogP contribution is 2.20. The summed E-state index contributed by atoms with van der Waals surface area (Å²) >= 11 is 0. The van der Waals surface area contributed by atoms with Gasteiger partial charge in [0.2, 0.25) is 11.8 Å². The number of furan rings is 1. The van der Waals surface area contributed by atoms with E-state index in [1.54, 1.807) is 18.4 Å². The number of nitrogen functional groups attached to an aromatic ring is 1. The number of hydrogen-bond donors (Lipinski definition) is 2. The lowest BCUT2D eigenvalue weighted by Gasteiger charge is -2.13. The number of benzene rings is 1. The summed E-state index contributed by atoms with van der Waals surface area (Å²) < 4.78 is 14.6. The van der Waals surface area contributed by atoms with Crippen molar-refractivity contribution in [2.24, 2.45) is 0 Å². The number of nitrogens with two attached hydrogens (primary N) is 1. The monoisotopic (exact) mass is 404 g/mol. The van der Waals surface area contributed by atoms with Gasteiger partial charge >= 0.3 is 0 Å². The number of nitrogens with one attached hydrogen (secondary N) is 1. The molecule has 3 aromatic heterocycles. The second-order valence-corrected chi connectivity index (χ2v) is 7.03. The smallest absolute Gasteiger partial charge is 0.225 e. The largest absolute Gasteiger partial charge is 0.461 e. The van der Waals surface area contributed by atoms with Crippen molar-refractivity contribution in [2.75, 3.05) is 30.8 Å². The minimum atomic E-state index is 0.261. The molecule has 0 spiro atoms. The number of ether oxygens (including phenoxy) is 1. The topological polar surface area (TPSA) is 107 Å². The number of rotatable bonds is 6. The van der Waals surface area contributed by atoms with Crippen LogP contribution in [0.3, 0.4) is 0 Å². The van der Waals surface area contributed by atoms with Gasteiger partial charge in [0, 0.05) is 18.2 Å². The summed E-state index contributed by atoms with van der Waals surface area (Å²) in [4.78, 5) is 8.92. The van der Waals surface area contributed by atoms with E-state index in [4.69, 9.17) is 14.9 Å². The van der Waals surface area contributed by atoms with E-state index < -0.39 is 0 Å². The maximum absolute atomic E-state index is 6.10. The molecule has 9 heteroatoms. The van der Waals surface area contributed by atoms with Gasteiger partial charge < -0.3 is 20.2 Å². The molecule has 0 unspecified atom stereocenters. The minimum Gasteiger partial charge on any atom is -0.461 e. The van der Waals surface area contributed by atoms with E-state index in [1.807, 2.05) is 12.1 Å². The fourth-order valence-electron chi connectivity index (χ4n) is 3.46. The van der Waals surface area contributed by atoms with E-state index in [9.17, 15) is 0 Å². The molecule has 1 aliphatic heterocycles. The molecule has 9 nitrogen and oxygen atoms in total. The third kappa shape index (κ3) is 3.74. The maximum Gasteiger partial charge on any atom is 0.225 e. The molecule has 0 saturated heterocycles. The summed E-state index contributed by atoms with van der Waals surface area (Å²) in [5.41, 5.74) is 9.17. The molecule has 4 heterocycles. The first kappa shape index (κ1) is 18.3. The zero-order valence-electron chi connectivity index (χ0n) is 16.4. The number of anilines is 2. The molecule has 1 aliphatic rings. The standard InChI is InChI=1S/C21H22N7O2/c22-21-24-18(12-19-25-20(26-28(19)21)17-6-3-9-30-17)23-13-15-4-1-2-5-16(15)14-27-7-10-29-11-8-27/h1-7,9,12,23H,8,10-11,13-14H2,(H2,22,24)/q+1. The minimum absolute atomic E-state index is 0.261. The molecule has 3 N–H and O–H groups in total. The third-order valence-corrected chi connectivity index (χ3v) is 5.02. The summed E-state index contributed by atoms with van der Waals surface area (Å²) in [7, 11) is 0. The lowest BCUT2D eigenvalue weighted by Crippen LogP contribution is -2.26. The summed E-state index contributed by atoms with van der Waals surface area (Å²) in [6, 6.07) is 13.8. The van der Waals surface area contributed by atoms with Crippen molar-refractivity contribution < 1.29 is 13.7 Å². The first-order valence-electron chi connectivity index (χ1n) is 9.79. The Balaban J connectivity index is 1.36. The zero-order chi connectivity index (χ0) is 20.3. The average Bonchev–Trinajstić information content (AvgIpc) is 3.44. The van der Waals surface area contributed by atoms with Gasteiger partial charge in [0.05, 0.1) is 6.26 Å². The highest BCUT2D eigenvalue weighted by molar-refractivity contribution is 5.59. The fraction of sp³-hybridized carbons (Fsp3) is 0.238. The Morgan fingerprint density at radius 1 is 1.13 bits per heavy atom. The molecule has 4 aromatic rings. The van der Waals surface area contributed by atoms with Crippen LogP contribution in [-0.2, 0) is 17.8 Å². The lowest BCUT2D eigenvalue weighted by molar-refractivity contribution is -0.549. The molecule has 0 fully saturated rings. The molecule has 30 heavy (non-hydrogen) atoms. The van der Waals surface area contributed by atoms with Crippen LogP contribution in [0, 0.1) is 0 Å². The third-order valence-electron chi connectivity index (χ3n) is 5.02. The van der Waals surface area contributed by atoms with E-state index in [1.165, 1.54) is 15.6 Å². The molecule has 5 rings (SSSR count). The van der Waals surface area contributed by atoms with Crippen molar-refractivity contribution >= 4 is 23.6 Å². The molecule has 0 bridgehead atoms. The van der Waals surface area contributed by atoms with Gasteiger partial charge in [-0.3, -0.25) is 0 Å². The van der Waals surface area contributed by atoms with Crippen LogP contribution in [-0.4, -0.2) is 50.1 Å². The molecule has 0 radical (unpaired) electrons. The van der Waals surface area contributed by atoms with E-state index in [2.05, 4.69) is 49.4 Å². The van der Waals surface area contributed by atoms with Crippen LogP contribution < -0.4 is 11.1 Å². The lowest BCUT2D eigenvalue weighted by atomic mass is 10.1. The number of aromatic nitrogens is 4. The van der Waals surface area contributed by atoms with Gasteiger partial charge in [0.25, 0.3) is 0 Å². The van der Waals surface area contributed by atoms with Crippen LogP contribution in [0.5, 0.6) is 0 Å². The first-order chi connectivity index (χ1) is 14.8. The molecule has 0 aliphatic carbocycles. The second-order valence-electron chi connectivity index (χ2n) is 7.03. The molecular formula is C21H22N7O2+. The average molecular weight is 404 g/mol. The van der Waals surface area contributed by atoms with Crippen molar-refractivity contribution in [1.82, 2.24) is 19.6 Å². The maximum atomic E-state index is 6.10. The predicted octanol–water partition coefficient (Wildman–Crippen LogP) is 2.19. The molecule has 0 amide bonds. The van der Waals surface area contributed by atoms with E-state index in [0.29, 0.717) is 36.2 Å². The Morgan fingerprint density at radius 3 is 2.83 bits per heavy atom. The Bertz CT molecular complexity index is 1200. The zero-order valence-corrected chi connectivity index (χ0v) is 16.4. The SMILES string of the molecule is Nc1nc(NCc2ccccc2C[N+]2=CCOCC2)cc2nc(-c3ccco3)nn12. The van der Waals surface area contributed by atoms with Crippen molar-refractivity contribution in [1.29, 1.82) is 0 Å². The van der Waals surface area contributed by atoms with E-state index in [-0.39, 0.29) is 5.95 Å². The van der Waals surface area contributed by atoms with E-state index in [0.717, 1.165) is 19.7 Å². The van der Waals surface area contributed by atoms with Gasteiger partial charge in [-0.25, -0.2) is 9.56 Å². The van der Waals surface area contributed by atoms with Crippen molar-refractivity contribution in [2.45, 2.75) is 13.1 Å².